The molecule has 0 amide bonds. The van der Waals surface area contributed by atoms with E-state index in [-0.39, 0.29) is 24.7 Å². The molecule has 1 saturated heterocycles. The average molecular weight is 264 g/mol. The van der Waals surface area contributed by atoms with Crippen molar-refractivity contribution in [3.8, 4) is 0 Å². The van der Waals surface area contributed by atoms with Crippen molar-refractivity contribution in [2.24, 2.45) is 11.8 Å². The molecule has 17 heavy (non-hydrogen) atoms. The van der Waals surface area contributed by atoms with Crippen LogP contribution in [-0.4, -0.2) is 45.1 Å². The lowest BCUT2D eigenvalue weighted by Crippen LogP contribution is -2.48. The van der Waals surface area contributed by atoms with Crippen LogP contribution in [0.5, 0.6) is 0 Å². The summed E-state index contributed by atoms with van der Waals surface area (Å²) in [5.74, 6) is -3.35. The van der Waals surface area contributed by atoms with Crippen LogP contribution in [0.3, 0.4) is 0 Å². The van der Waals surface area contributed by atoms with E-state index in [0.717, 1.165) is 0 Å². The van der Waals surface area contributed by atoms with Gasteiger partial charge in [-0.15, -0.1) is 0 Å². The van der Waals surface area contributed by atoms with Crippen LogP contribution >= 0.6 is 0 Å². The van der Waals surface area contributed by atoms with Crippen molar-refractivity contribution >= 4 is 21.8 Å². The van der Waals surface area contributed by atoms with E-state index in [1.807, 2.05) is 0 Å². The Morgan fingerprint density at radius 2 is 1.53 bits per heavy atom. The van der Waals surface area contributed by atoms with Gasteiger partial charge in [-0.05, 0) is 13.8 Å². The largest absolute Gasteiger partial charge is 0.465 e. The first-order valence-electron chi connectivity index (χ1n) is 5.45. The molecule has 0 aliphatic carbocycles. The summed E-state index contributed by atoms with van der Waals surface area (Å²) in [5, 5.41) is 0. The minimum Gasteiger partial charge on any atom is -0.465 e. The molecule has 1 aliphatic heterocycles. The van der Waals surface area contributed by atoms with Crippen molar-refractivity contribution in [2.75, 3.05) is 24.7 Å². The molecule has 0 atom stereocenters. The van der Waals surface area contributed by atoms with Crippen LogP contribution in [0.25, 0.3) is 0 Å². The van der Waals surface area contributed by atoms with Gasteiger partial charge >= 0.3 is 11.9 Å². The van der Waals surface area contributed by atoms with Gasteiger partial charge in [0, 0.05) is 5.92 Å². The number of hydrogen-bond acceptors (Lipinski definition) is 6. The molecule has 0 aromatic heterocycles. The molecule has 0 N–H and O–H groups in total. The molecule has 0 unspecified atom stereocenters. The summed E-state index contributed by atoms with van der Waals surface area (Å²) in [6, 6.07) is 0. The van der Waals surface area contributed by atoms with Crippen molar-refractivity contribution < 1.29 is 27.5 Å². The Hall–Kier alpha value is -1.11. The van der Waals surface area contributed by atoms with Gasteiger partial charge in [-0.25, -0.2) is 8.42 Å². The quantitative estimate of drug-likeness (QED) is 0.503. The van der Waals surface area contributed by atoms with E-state index in [1.54, 1.807) is 13.8 Å². The van der Waals surface area contributed by atoms with Gasteiger partial charge in [0.25, 0.3) is 0 Å². The summed E-state index contributed by atoms with van der Waals surface area (Å²) < 4.78 is 31.6. The van der Waals surface area contributed by atoms with E-state index < -0.39 is 33.6 Å². The van der Waals surface area contributed by atoms with E-state index in [4.69, 9.17) is 9.47 Å². The number of carbonyl (C=O) groups is 2. The summed E-state index contributed by atoms with van der Waals surface area (Å²) in [5.41, 5.74) is 0. The first kappa shape index (κ1) is 14.0. The Balaban J connectivity index is 2.73. The van der Waals surface area contributed by atoms with Crippen LogP contribution in [-0.2, 0) is 28.9 Å². The van der Waals surface area contributed by atoms with Gasteiger partial charge < -0.3 is 9.47 Å². The Morgan fingerprint density at radius 3 is 1.82 bits per heavy atom. The number of sulfone groups is 1. The molecule has 6 nitrogen and oxygen atoms in total. The summed E-state index contributed by atoms with van der Waals surface area (Å²) in [7, 11) is -3.09. The van der Waals surface area contributed by atoms with Crippen molar-refractivity contribution in [3.63, 3.8) is 0 Å². The van der Waals surface area contributed by atoms with Gasteiger partial charge in [0.15, 0.2) is 15.8 Å². The van der Waals surface area contributed by atoms with E-state index >= 15 is 0 Å². The number of carbonyl (C=O) groups excluding carboxylic acids is 2. The molecule has 0 aromatic carbocycles. The van der Waals surface area contributed by atoms with Crippen molar-refractivity contribution in [1.29, 1.82) is 0 Å². The van der Waals surface area contributed by atoms with Gasteiger partial charge in [-0.2, -0.15) is 0 Å². The molecule has 98 valence electrons. The first-order chi connectivity index (χ1) is 7.91. The highest BCUT2D eigenvalue weighted by Crippen LogP contribution is 2.28. The van der Waals surface area contributed by atoms with Crippen molar-refractivity contribution in [2.45, 2.75) is 13.8 Å². The molecule has 0 bridgehead atoms. The van der Waals surface area contributed by atoms with Crippen LogP contribution in [0, 0.1) is 11.8 Å². The van der Waals surface area contributed by atoms with Gasteiger partial charge in [-0.1, -0.05) is 0 Å². The van der Waals surface area contributed by atoms with Crippen LogP contribution in [0.1, 0.15) is 13.8 Å². The second-order valence-corrected chi connectivity index (χ2v) is 5.97. The summed E-state index contributed by atoms with van der Waals surface area (Å²) in [4.78, 5) is 23.2. The highest BCUT2D eigenvalue weighted by atomic mass is 32.2. The average Bonchev–Trinajstić information content (AvgIpc) is 2.16. The lowest BCUT2D eigenvalue weighted by molar-refractivity contribution is -0.163. The lowest BCUT2D eigenvalue weighted by atomic mass is 9.95. The standard InChI is InChI=1S/C10H16O6S/c1-3-15-9(11)8(10(12)16-4-2)7-5-17(13,14)6-7/h7-8H,3-6H2,1-2H3. The fraction of sp³-hybridized carbons (Fsp3) is 0.800. The Bertz CT molecular complexity index is 369. The number of rotatable bonds is 5. The number of hydrogen-bond donors (Lipinski definition) is 0. The van der Waals surface area contributed by atoms with Gasteiger partial charge in [0.1, 0.15) is 0 Å². The summed E-state index contributed by atoms with van der Waals surface area (Å²) >= 11 is 0. The molecule has 0 radical (unpaired) electrons. The van der Waals surface area contributed by atoms with Crippen LogP contribution in [0.2, 0.25) is 0 Å². The Morgan fingerprint density at radius 1 is 1.12 bits per heavy atom. The van der Waals surface area contributed by atoms with Crippen molar-refractivity contribution in [1.82, 2.24) is 0 Å². The second-order valence-electron chi connectivity index (χ2n) is 3.82. The van der Waals surface area contributed by atoms with Crippen LogP contribution in [0.4, 0.5) is 0 Å². The zero-order valence-electron chi connectivity index (χ0n) is 9.84. The predicted molar refractivity (Wildman–Crippen MR) is 58.9 cm³/mol. The maximum atomic E-state index is 11.6. The molecule has 1 rings (SSSR count). The Labute approximate surface area is 100 Å². The maximum Gasteiger partial charge on any atom is 0.320 e. The maximum absolute atomic E-state index is 11.6. The van der Waals surface area contributed by atoms with Gasteiger partial charge in [0.05, 0.1) is 24.7 Å². The summed E-state index contributed by atoms with van der Waals surface area (Å²) in [6.45, 7) is 3.54. The molecule has 0 saturated carbocycles. The van der Waals surface area contributed by atoms with E-state index in [0.29, 0.717) is 0 Å². The van der Waals surface area contributed by atoms with Gasteiger partial charge in [0.2, 0.25) is 0 Å². The summed E-state index contributed by atoms with van der Waals surface area (Å²) in [6.07, 6.45) is 0. The molecule has 0 spiro atoms. The second kappa shape index (κ2) is 5.48. The zero-order chi connectivity index (χ0) is 13.1. The van der Waals surface area contributed by atoms with E-state index in [9.17, 15) is 18.0 Å². The first-order valence-corrected chi connectivity index (χ1v) is 7.27. The molecular formula is C10H16O6S. The third-order valence-electron chi connectivity index (χ3n) is 2.49. The molecule has 1 aliphatic rings. The number of esters is 2. The highest BCUT2D eigenvalue weighted by molar-refractivity contribution is 7.92. The van der Waals surface area contributed by atoms with Crippen molar-refractivity contribution in [3.05, 3.63) is 0 Å². The van der Waals surface area contributed by atoms with Crippen LogP contribution < -0.4 is 0 Å². The predicted octanol–water partition coefficient (Wildman–Crippen LogP) is -0.227. The minimum absolute atomic E-state index is 0.147. The molecule has 1 fully saturated rings. The molecule has 7 heteroatoms. The monoisotopic (exact) mass is 264 g/mol. The molecular weight excluding hydrogens is 248 g/mol. The van der Waals surface area contributed by atoms with Crippen LogP contribution in [0.15, 0.2) is 0 Å². The van der Waals surface area contributed by atoms with Gasteiger partial charge in [-0.3, -0.25) is 9.59 Å². The number of ether oxygens (including phenoxy) is 2. The highest BCUT2D eigenvalue weighted by Gasteiger charge is 2.47. The smallest absolute Gasteiger partial charge is 0.320 e. The SMILES string of the molecule is CCOC(=O)C(C(=O)OCC)C1CS(=O)(=O)C1. The fourth-order valence-electron chi connectivity index (χ4n) is 1.74. The third kappa shape index (κ3) is 3.42. The Kier molecular flexibility index (Phi) is 4.50. The minimum atomic E-state index is -3.09. The topological polar surface area (TPSA) is 86.7 Å². The molecule has 0 aromatic rings. The lowest BCUT2D eigenvalue weighted by Gasteiger charge is -2.30. The van der Waals surface area contributed by atoms with E-state index in [2.05, 4.69) is 0 Å². The third-order valence-corrected chi connectivity index (χ3v) is 4.36. The zero-order valence-corrected chi connectivity index (χ0v) is 10.7. The fourth-order valence-corrected chi connectivity index (χ4v) is 3.33. The van der Waals surface area contributed by atoms with E-state index in [1.165, 1.54) is 0 Å². The normalized spacial score (nSPS) is 18.5. The molecule has 1 heterocycles.